The molecule has 0 aliphatic rings. The Kier molecular flexibility index (Phi) is 3.90. The number of hydrogen-bond donors (Lipinski definition) is 2. The SMILES string of the molecule is Cc1cc2c(Nc3ccc(Cl)cc3C)nc(-c3ccccc3)nc2[nH]1. The molecule has 0 amide bonds. The molecule has 0 atom stereocenters. The van der Waals surface area contributed by atoms with Gasteiger partial charge in [-0.15, -0.1) is 0 Å². The highest BCUT2D eigenvalue weighted by Gasteiger charge is 2.12. The standard InChI is InChI=1S/C20H17ClN4/c1-12-10-15(21)8-9-17(12)23-20-16-11-13(2)22-19(16)24-18(25-20)14-6-4-3-5-7-14/h3-11H,1-2H3,(H2,22,23,24,25). The first-order chi connectivity index (χ1) is 12.1. The third-order valence-corrected chi connectivity index (χ3v) is 4.33. The molecule has 4 rings (SSSR count). The number of aromatic nitrogens is 3. The summed E-state index contributed by atoms with van der Waals surface area (Å²) in [6, 6.07) is 17.8. The van der Waals surface area contributed by atoms with Gasteiger partial charge < -0.3 is 10.3 Å². The van der Waals surface area contributed by atoms with Crippen LogP contribution in [0.2, 0.25) is 5.02 Å². The third kappa shape index (κ3) is 3.08. The van der Waals surface area contributed by atoms with E-state index in [1.807, 2.05) is 62.4 Å². The second-order valence-electron chi connectivity index (χ2n) is 6.06. The van der Waals surface area contributed by atoms with E-state index in [-0.39, 0.29) is 0 Å². The molecule has 2 aromatic heterocycles. The summed E-state index contributed by atoms with van der Waals surface area (Å²) in [5.41, 5.74) is 4.88. The smallest absolute Gasteiger partial charge is 0.163 e. The van der Waals surface area contributed by atoms with Crippen LogP contribution in [0.3, 0.4) is 0 Å². The Balaban J connectivity index is 1.86. The van der Waals surface area contributed by atoms with Gasteiger partial charge >= 0.3 is 0 Å². The van der Waals surface area contributed by atoms with Crippen molar-refractivity contribution in [2.24, 2.45) is 0 Å². The van der Waals surface area contributed by atoms with Gasteiger partial charge in [-0.05, 0) is 43.7 Å². The fourth-order valence-electron chi connectivity index (χ4n) is 2.85. The number of rotatable bonds is 3. The fourth-order valence-corrected chi connectivity index (χ4v) is 3.07. The summed E-state index contributed by atoms with van der Waals surface area (Å²) in [6.07, 6.45) is 0. The van der Waals surface area contributed by atoms with Gasteiger partial charge in [0, 0.05) is 22.0 Å². The first-order valence-corrected chi connectivity index (χ1v) is 8.44. The van der Waals surface area contributed by atoms with Crippen LogP contribution in [0.5, 0.6) is 0 Å². The number of aryl methyl sites for hydroxylation is 2. The number of anilines is 2. The molecule has 25 heavy (non-hydrogen) atoms. The zero-order chi connectivity index (χ0) is 17.4. The van der Waals surface area contributed by atoms with Crippen LogP contribution in [0.15, 0.2) is 54.6 Å². The van der Waals surface area contributed by atoms with Gasteiger partial charge in [0.1, 0.15) is 11.5 Å². The molecule has 0 aliphatic heterocycles. The van der Waals surface area contributed by atoms with Crippen LogP contribution in [-0.4, -0.2) is 15.0 Å². The molecule has 4 aromatic rings. The average Bonchev–Trinajstić information content (AvgIpc) is 2.98. The van der Waals surface area contributed by atoms with Crippen LogP contribution in [0.1, 0.15) is 11.3 Å². The van der Waals surface area contributed by atoms with Crippen LogP contribution in [0.4, 0.5) is 11.5 Å². The highest BCUT2D eigenvalue weighted by atomic mass is 35.5. The summed E-state index contributed by atoms with van der Waals surface area (Å²) in [4.78, 5) is 12.8. The maximum absolute atomic E-state index is 6.07. The number of fused-ring (bicyclic) bond motifs is 1. The summed E-state index contributed by atoms with van der Waals surface area (Å²) < 4.78 is 0. The quantitative estimate of drug-likeness (QED) is 0.503. The van der Waals surface area contributed by atoms with Crippen molar-refractivity contribution in [3.63, 3.8) is 0 Å². The van der Waals surface area contributed by atoms with Gasteiger partial charge in [-0.1, -0.05) is 41.9 Å². The van der Waals surface area contributed by atoms with E-state index in [1.54, 1.807) is 0 Å². The minimum atomic E-state index is 0.684. The molecule has 0 aliphatic carbocycles. The molecule has 0 bridgehead atoms. The zero-order valence-corrected chi connectivity index (χ0v) is 14.7. The molecule has 0 unspecified atom stereocenters. The normalized spacial score (nSPS) is 11.0. The molecule has 2 heterocycles. The van der Waals surface area contributed by atoms with E-state index in [9.17, 15) is 0 Å². The van der Waals surface area contributed by atoms with Crippen molar-refractivity contribution in [3.8, 4) is 11.4 Å². The number of H-pyrrole nitrogens is 1. The number of halogens is 1. The predicted molar refractivity (Wildman–Crippen MR) is 104 cm³/mol. The van der Waals surface area contributed by atoms with Crippen molar-refractivity contribution in [2.45, 2.75) is 13.8 Å². The molecule has 2 aromatic carbocycles. The van der Waals surface area contributed by atoms with Crippen LogP contribution in [-0.2, 0) is 0 Å². The molecule has 0 fully saturated rings. The molecule has 5 heteroatoms. The van der Waals surface area contributed by atoms with E-state index < -0.39 is 0 Å². The Morgan fingerprint density at radius 2 is 1.76 bits per heavy atom. The van der Waals surface area contributed by atoms with Crippen molar-refractivity contribution in [3.05, 3.63) is 70.9 Å². The van der Waals surface area contributed by atoms with E-state index >= 15 is 0 Å². The molecular formula is C20H17ClN4. The van der Waals surface area contributed by atoms with E-state index in [0.29, 0.717) is 5.82 Å². The van der Waals surface area contributed by atoms with Gasteiger partial charge in [-0.3, -0.25) is 0 Å². The van der Waals surface area contributed by atoms with Gasteiger partial charge in [0.05, 0.1) is 5.39 Å². The van der Waals surface area contributed by atoms with Crippen molar-refractivity contribution in [1.29, 1.82) is 0 Å². The number of nitrogens with one attached hydrogen (secondary N) is 2. The Morgan fingerprint density at radius 1 is 0.960 bits per heavy atom. The largest absolute Gasteiger partial charge is 0.343 e. The minimum Gasteiger partial charge on any atom is -0.343 e. The molecule has 0 spiro atoms. The fraction of sp³-hybridized carbons (Fsp3) is 0.100. The van der Waals surface area contributed by atoms with Crippen LogP contribution < -0.4 is 5.32 Å². The lowest BCUT2D eigenvalue weighted by Gasteiger charge is -2.11. The lowest BCUT2D eigenvalue weighted by Crippen LogP contribution is -2.00. The minimum absolute atomic E-state index is 0.684. The lowest BCUT2D eigenvalue weighted by atomic mass is 10.2. The molecule has 0 saturated heterocycles. The third-order valence-electron chi connectivity index (χ3n) is 4.10. The lowest BCUT2D eigenvalue weighted by molar-refractivity contribution is 1.19. The van der Waals surface area contributed by atoms with Crippen molar-refractivity contribution >= 4 is 34.1 Å². The van der Waals surface area contributed by atoms with Crippen LogP contribution in [0, 0.1) is 13.8 Å². The molecule has 2 N–H and O–H groups in total. The van der Waals surface area contributed by atoms with Gasteiger partial charge in [0.25, 0.3) is 0 Å². The maximum atomic E-state index is 6.07. The van der Waals surface area contributed by atoms with Crippen molar-refractivity contribution < 1.29 is 0 Å². The van der Waals surface area contributed by atoms with E-state index in [2.05, 4.69) is 21.4 Å². The zero-order valence-electron chi connectivity index (χ0n) is 14.0. The summed E-state index contributed by atoms with van der Waals surface area (Å²) in [5.74, 6) is 1.46. The van der Waals surface area contributed by atoms with E-state index in [1.165, 1.54) is 0 Å². The molecule has 4 nitrogen and oxygen atoms in total. The highest BCUT2D eigenvalue weighted by molar-refractivity contribution is 6.30. The van der Waals surface area contributed by atoms with Gasteiger partial charge in [0.2, 0.25) is 0 Å². The second kappa shape index (κ2) is 6.22. The average molecular weight is 349 g/mol. The maximum Gasteiger partial charge on any atom is 0.163 e. The summed E-state index contributed by atoms with van der Waals surface area (Å²) in [7, 11) is 0. The van der Waals surface area contributed by atoms with Crippen LogP contribution in [0.25, 0.3) is 22.4 Å². The van der Waals surface area contributed by atoms with E-state index in [4.69, 9.17) is 16.6 Å². The first kappa shape index (κ1) is 15.7. The molecule has 124 valence electrons. The van der Waals surface area contributed by atoms with Gasteiger partial charge in [0.15, 0.2) is 5.82 Å². The van der Waals surface area contributed by atoms with Crippen LogP contribution >= 0.6 is 11.6 Å². The summed E-state index contributed by atoms with van der Waals surface area (Å²) in [5, 5.41) is 5.12. The Labute approximate surface area is 150 Å². The number of nitrogens with zero attached hydrogens (tertiary/aromatic N) is 2. The highest BCUT2D eigenvalue weighted by Crippen LogP contribution is 2.29. The number of benzene rings is 2. The topological polar surface area (TPSA) is 53.6 Å². The first-order valence-electron chi connectivity index (χ1n) is 8.06. The van der Waals surface area contributed by atoms with Gasteiger partial charge in [-0.2, -0.15) is 0 Å². The monoisotopic (exact) mass is 348 g/mol. The Bertz CT molecular complexity index is 1050. The Hall–Kier alpha value is -2.85. The molecule has 0 saturated carbocycles. The molecule has 0 radical (unpaired) electrons. The van der Waals surface area contributed by atoms with Crippen molar-refractivity contribution in [2.75, 3.05) is 5.32 Å². The van der Waals surface area contributed by atoms with Gasteiger partial charge in [-0.25, -0.2) is 9.97 Å². The van der Waals surface area contributed by atoms with Crippen molar-refractivity contribution in [1.82, 2.24) is 15.0 Å². The Morgan fingerprint density at radius 3 is 2.52 bits per heavy atom. The second-order valence-corrected chi connectivity index (χ2v) is 6.50. The van der Waals surface area contributed by atoms with E-state index in [0.717, 1.165) is 44.4 Å². The molecular weight excluding hydrogens is 332 g/mol. The number of aromatic amines is 1. The summed E-state index contributed by atoms with van der Waals surface area (Å²) >= 11 is 6.07. The summed E-state index contributed by atoms with van der Waals surface area (Å²) in [6.45, 7) is 4.04. The number of hydrogen-bond acceptors (Lipinski definition) is 3. The predicted octanol–water partition coefficient (Wildman–Crippen LogP) is 5.64.